The number of nitrogens with zero attached hydrogens (tertiary/aromatic N) is 1. The molecule has 1 rings (SSSR count). The molecule has 0 aliphatic rings. The predicted octanol–water partition coefficient (Wildman–Crippen LogP) is 2.82. The van der Waals surface area contributed by atoms with E-state index < -0.39 is 0 Å². The Morgan fingerprint density at radius 1 is 1.56 bits per heavy atom. The monoisotopic (exact) mass is 217 g/mol. The summed E-state index contributed by atoms with van der Waals surface area (Å²) < 4.78 is 5.31. The number of carbonyl (C=O) groups excluding carboxylic acids is 1. The molecule has 1 unspecified atom stereocenters. The fourth-order valence-corrected chi connectivity index (χ4v) is 1.37. The molecule has 0 heterocycles. The van der Waals surface area contributed by atoms with Crippen LogP contribution in [0.5, 0.6) is 5.75 Å². The average Bonchev–Trinajstić information content (AvgIpc) is 2.29. The summed E-state index contributed by atoms with van der Waals surface area (Å²) in [7, 11) is 0. The molecule has 0 aromatic heterocycles. The van der Waals surface area contributed by atoms with Crippen LogP contribution < -0.4 is 4.74 Å². The Morgan fingerprint density at radius 2 is 2.31 bits per heavy atom. The highest BCUT2D eigenvalue weighted by Crippen LogP contribution is 2.16. The summed E-state index contributed by atoms with van der Waals surface area (Å²) in [6, 6.07) is 9.12. The van der Waals surface area contributed by atoms with E-state index in [1.54, 1.807) is 25.1 Å². The third-order valence-corrected chi connectivity index (χ3v) is 2.18. The number of benzene rings is 1. The molecule has 3 heteroatoms. The molecule has 0 radical (unpaired) electrons. The van der Waals surface area contributed by atoms with Crippen molar-refractivity contribution in [3.05, 3.63) is 29.8 Å². The van der Waals surface area contributed by atoms with Crippen LogP contribution in [0.4, 0.5) is 0 Å². The van der Waals surface area contributed by atoms with Crippen LogP contribution in [0.2, 0.25) is 0 Å². The number of carbonyl (C=O) groups is 1. The molecular weight excluding hydrogens is 202 g/mol. The van der Waals surface area contributed by atoms with Crippen molar-refractivity contribution in [2.45, 2.75) is 20.3 Å². The summed E-state index contributed by atoms with van der Waals surface area (Å²) in [4.78, 5) is 11.8. The quantitative estimate of drug-likeness (QED) is 0.712. The van der Waals surface area contributed by atoms with Gasteiger partial charge in [-0.15, -0.1) is 0 Å². The van der Waals surface area contributed by atoms with Crippen LogP contribution >= 0.6 is 0 Å². The Balaban J connectivity index is 2.76. The van der Waals surface area contributed by atoms with Gasteiger partial charge in [0.15, 0.2) is 5.78 Å². The first kappa shape index (κ1) is 12.3. The molecular formula is C13H15NO2. The number of hydrogen-bond acceptors (Lipinski definition) is 3. The van der Waals surface area contributed by atoms with Crippen LogP contribution in [0.25, 0.3) is 0 Å². The van der Waals surface area contributed by atoms with Crippen LogP contribution in [0.1, 0.15) is 30.6 Å². The molecule has 16 heavy (non-hydrogen) atoms. The molecule has 0 aliphatic carbocycles. The van der Waals surface area contributed by atoms with Gasteiger partial charge in [-0.2, -0.15) is 5.26 Å². The van der Waals surface area contributed by atoms with Gasteiger partial charge in [-0.25, -0.2) is 0 Å². The van der Waals surface area contributed by atoms with E-state index in [-0.39, 0.29) is 18.1 Å². The highest BCUT2D eigenvalue weighted by Gasteiger charge is 2.11. The first-order valence-corrected chi connectivity index (χ1v) is 5.33. The number of ether oxygens (including phenoxy) is 1. The Labute approximate surface area is 95.7 Å². The summed E-state index contributed by atoms with van der Waals surface area (Å²) in [5.41, 5.74) is 0.605. The zero-order chi connectivity index (χ0) is 12.0. The van der Waals surface area contributed by atoms with E-state index in [1.807, 2.05) is 13.0 Å². The molecule has 1 aromatic carbocycles. The molecule has 0 N–H and O–H groups in total. The van der Waals surface area contributed by atoms with Gasteiger partial charge in [0.25, 0.3) is 0 Å². The van der Waals surface area contributed by atoms with E-state index in [0.717, 1.165) is 0 Å². The van der Waals surface area contributed by atoms with E-state index in [1.165, 1.54) is 0 Å². The Morgan fingerprint density at radius 3 is 2.94 bits per heavy atom. The van der Waals surface area contributed by atoms with Crippen molar-refractivity contribution in [2.75, 3.05) is 6.61 Å². The molecule has 0 spiro atoms. The topological polar surface area (TPSA) is 50.1 Å². The van der Waals surface area contributed by atoms with Crippen molar-refractivity contribution in [1.29, 1.82) is 5.26 Å². The fourth-order valence-electron chi connectivity index (χ4n) is 1.37. The maximum Gasteiger partial charge on any atom is 0.164 e. The molecule has 84 valence electrons. The van der Waals surface area contributed by atoms with Crippen molar-refractivity contribution < 1.29 is 9.53 Å². The lowest BCUT2D eigenvalue weighted by Gasteiger charge is -2.06. The van der Waals surface area contributed by atoms with Gasteiger partial charge >= 0.3 is 0 Å². The molecule has 0 fully saturated rings. The predicted molar refractivity (Wildman–Crippen MR) is 61.3 cm³/mol. The lowest BCUT2D eigenvalue weighted by molar-refractivity contribution is 0.0972. The van der Waals surface area contributed by atoms with Gasteiger partial charge in [-0.3, -0.25) is 4.79 Å². The lowest BCUT2D eigenvalue weighted by Crippen LogP contribution is -2.04. The average molecular weight is 217 g/mol. The normalized spacial score (nSPS) is 11.6. The minimum atomic E-state index is -0.247. The zero-order valence-electron chi connectivity index (χ0n) is 9.56. The second-order valence-corrected chi connectivity index (χ2v) is 3.62. The van der Waals surface area contributed by atoms with Gasteiger partial charge in [0.1, 0.15) is 5.75 Å². The second-order valence-electron chi connectivity index (χ2n) is 3.62. The molecule has 0 bridgehead atoms. The maximum atomic E-state index is 11.8. The van der Waals surface area contributed by atoms with Crippen LogP contribution in [0.15, 0.2) is 24.3 Å². The van der Waals surface area contributed by atoms with Gasteiger partial charge in [0.2, 0.25) is 0 Å². The summed E-state index contributed by atoms with van der Waals surface area (Å²) in [5, 5.41) is 8.64. The third kappa shape index (κ3) is 3.39. The highest BCUT2D eigenvalue weighted by molar-refractivity contribution is 5.96. The largest absolute Gasteiger partial charge is 0.494 e. The fraction of sp³-hybridized carbons (Fsp3) is 0.385. The molecule has 0 saturated heterocycles. The van der Waals surface area contributed by atoms with Gasteiger partial charge in [0.05, 0.1) is 18.6 Å². The van der Waals surface area contributed by atoms with E-state index in [0.29, 0.717) is 17.9 Å². The van der Waals surface area contributed by atoms with Crippen molar-refractivity contribution in [3.63, 3.8) is 0 Å². The van der Waals surface area contributed by atoms with E-state index in [9.17, 15) is 4.79 Å². The van der Waals surface area contributed by atoms with Gasteiger partial charge in [0, 0.05) is 12.0 Å². The van der Waals surface area contributed by atoms with Crippen LogP contribution in [-0.2, 0) is 0 Å². The molecule has 0 saturated carbocycles. The number of ketones is 1. The smallest absolute Gasteiger partial charge is 0.164 e. The van der Waals surface area contributed by atoms with Crippen molar-refractivity contribution in [2.24, 2.45) is 5.92 Å². The SMILES string of the molecule is CCOc1cccc(C(=O)CC(C)C#N)c1. The number of rotatable bonds is 5. The summed E-state index contributed by atoms with van der Waals surface area (Å²) in [6.07, 6.45) is 0.256. The molecule has 0 amide bonds. The van der Waals surface area contributed by atoms with Crippen molar-refractivity contribution in [1.82, 2.24) is 0 Å². The zero-order valence-corrected chi connectivity index (χ0v) is 9.56. The van der Waals surface area contributed by atoms with Crippen LogP contribution in [-0.4, -0.2) is 12.4 Å². The van der Waals surface area contributed by atoms with Gasteiger partial charge in [-0.1, -0.05) is 12.1 Å². The van der Waals surface area contributed by atoms with E-state index in [4.69, 9.17) is 10.00 Å². The van der Waals surface area contributed by atoms with E-state index in [2.05, 4.69) is 6.07 Å². The van der Waals surface area contributed by atoms with Crippen molar-refractivity contribution in [3.8, 4) is 11.8 Å². The van der Waals surface area contributed by atoms with Crippen LogP contribution in [0, 0.1) is 17.2 Å². The first-order chi connectivity index (χ1) is 7.67. The summed E-state index contributed by atoms with van der Waals surface area (Å²) >= 11 is 0. The maximum absolute atomic E-state index is 11.8. The Hall–Kier alpha value is -1.82. The number of Topliss-reactive ketones (excluding diaryl/α,β-unsaturated/α-hetero) is 1. The van der Waals surface area contributed by atoms with Crippen LogP contribution in [0.3, 0.4) is 0 Å². The molecule has 3 nitrogen and oxygen atoms in total. The lowest BCUT2D eigenvalue weighted by atomic mass is 10.0. The van der Waals surface area contributed by atoms with Gasteiger partial charge in [-0.05, 0) is 26.0 Å². The van der Waals surface area contributed by atoms with Crippen molar-refractivity contribution >= 4 is 5.78 Å². The Bertz CT molecular complexity index is 407. The molecule has 0 aliphatic heterocycles. The molecule has 1 aromatic rings. The number of hydrogen-bond donors (Lipinski definition) is 0. The minimum Gasteiger partial charge on any atom is -0.494 e. The first-order valence-electron chi connectivity index (χ1n) is 5.33. The summed E-state index contributed by atoms with van der Waals surface area (Å²) in [5.74, 6) is 0.428. The summed E-state index contributed by atoms with van der Waals surface area (Å²) in [6.45, 7) is 4.21. The second kappa shape index (κ2) is 5.92. The standard InChI is InChI=1S/C13H15NO2/c1-3-16-12-6-4-5-11(8-12)13(15)7-10(2)9-14/h4-6,8,10H,3,7H2,1-2H3. The molecule has 1 atom stereocenters. The Kier molecular flexibility index (Phi) is 4.53. The number of nitriles is 1. The minimum absolute atomic E-state index is 0.0180. The van der Waals surface area contributed by atoms with Gasteiger partial charge < -0.3 is 4.74 Å². The highest BCUT2D eigenvalue weighted by atomic mass is 16.5. The van der Waals surface area contributed by atoms with E-state index >= 15 is 0 Å². The third-order valence-electron chi connectivity index (χ3n) is 2.18.